The van der Waals surface area contributed by atoms with Gasteiger partial charge in [0.25, 0.3) is 0 Å². The summed E-state index contributed by atoms with van der Waals surface area (Å²) in [5.74, 6) is -0.545. The van der Waals surface area contributed by atoms with E-state index in [-0.39, 0.29) is 29.8 Å². The first-order chi connectivity index (χ1) is 20.2. The lowest BCUT2D eigenvalue weighted by atomic mass is 9.85. The molecule has 4 aliphatic heterocycles. The zero-order valence-corrected chi connectivity index (χ0v) is 25.5. The Kier molecular flexibility index (Phi) is 7.51. The van der Waals surface area contributed by atoms with Crippen LogP contribution in [0.4, 0.5) is 29.6 Å². The number of nitrogens with zero attached hydrogens (tertiary/aromatic N) is 8. The van der Waals surface area contributed by atoms with Crippen LogP contribution in [0.5, 0.6) is 0 Å². The number of alkyl halides is 3. The smallest absolute Gasteiger partial charge is 0.444 e. The maximum atomic E-state index is 14.0. The van der Waals surface area contributed by atoms with Crippen molar-refractivity contribution in [1.82, 2.24) is 29.5 Å². The summed E-state index contributed by atoms with van der Waals surface area (Å²) in [4.78, 5) is 28.3. The first kappa shape index (κ1) is 29.9. The molecule has 0 aromatic carbocycles. The van der Waals surface area contributed by atoms with E-state index < -0.39 is 23.2 Å². The molecule has 2 aromatic rings. The molecule has 4 aliphatic rings. The summed E-state index contributed by atoms with van der Waals surface area (Å²) in [7, 11) is 0. The number of piperidine rings is 1. The van der Waals surface area contributed by atoms with E-state index in [1.54, 1.807) is 11.0 Å². The quantitative estimate of drug-likeness (QED) is 0.519. The Morgan fingerprint density at radius 1 is 1.02 bits per heavy atom. The number of carbonyl (C=O) groups excluding carboxylic acids is 1. The van der Waals surface area contributed by atoms with E-state index in [1.807, 2.05) is 55.3 Å². The van der Waals surface area contributed by atoms with Crippen molar-refractivity contribution >= 4 is 17.7 Å². The van der Waals surface area contributed by atoms with Crippen molar-refractivity contribution in [2.45, 2.75) is 83.5 Å². The average molecular weight is 607 g/mol. The number of aryl methyl sites for hydroxylation is 1. The Bertz CT molecular complexity index is 1340. The highest BCUT2D eigenvalue weighted by atomic mass is 19.4. The van der Waals surface area contributed by atoms with E-state index in [9.17, 15) is 18.0 Å². The lowest BCUT2D eigenvalue weighted by Crippen LogP contribution is -2.68. The molecule has 236 valence electrons. The second-order valence-corrected chi connectivity index (χ2v) is 13.1. The molecule has 6 rings (SSSR count). The van der Waals surface area contributed by atoms with Crippen molar-refractivity contribution in [1.29, 1.82) is 0 Å². The van der Waals surface area contributed by atoms with Crippen molar-refractivity contribution < 1.29 is 27.4 Å². The van der Waals surface area contributed by atoms with Crippen molar-refractivity contribution in [3.05, 3.63) is 29.3 Å². The topological polar surface area (TPSA) is 92.1 Å². The molecule has 6 heterocycles. The van der Waals surface area contributed by atoms with Crippen LogP contribution in [0.25, 0.3) is 0 Å². The van der Waals surface area contributed by atoms with Gasteiger partial charge >= 0.3 is 12.3 Å². The minimum atomic E-state index is -4.66. The predicted molar refractivity (Wildman–Crippen MR) is 153 cm³/mol. The van der Waals surface area contributed by atoms with Crippen LogP contribution in [-0.4, -0.2) is 106 Å². The number of fused-ring (bicyclic) bond motifs is 2. The Morgan fingerprint density at radius 2 is 1.70 bits per heavy atom. The summed E-state index contributed by atoms with van der Waals surface area (Å²) < 4.78 is 55.8. The molecule has 14 heteroatoms. The minimum absolute atomic E-state index is 0.0413. The first-order valence-corrected chi connectivity index (χ1v) is 15.1. The SMILES string of the molecule is Cc1cnn2c1C1(CCN(c3cc(N4C[C@@H](N5CCN(C(=O)OC(C)(C)C)CC5)[C@H]4C)nc(C(F)(F)F)n3)CC1)OCC2. The third-order valence-corrected chi connectivity index (χ3v) is 9.14. The molecule has 3 saturated heterocycles. The van der Waals surface area contributed by atoms with Crippen LogP contribution >= 0.6 is 0 Å². The number of ether oxygens (including phenoxy) is 2. The van der Waals surface area contributed by atoms with Gasteiger partial charge in [-0.05, 0) is 53.0 Å². The van der Waals surface area contributed by atoms with Crippen LogP contribution in [0.2, 0.25) is 0 Å². The second-order valence-electron chi connectivity index (χ2n) is 13.1. The van der Waals surface area contributed by atoms with Gasteiger partial charge < -0.3 is 24.2 Å². The van der Waals surface area contributed by atoms with E-state index >= 15 is 0 Å². The van der Waals surface area contributed by atoms with Gasteiger partial charge in [-0.25, -0.2) is 14.8 Å². The van der Waals surface area contributed by atoms with Gasteiger partial charge in [0.2, 0.25) is 5.82 Å². The lowest BCUT2D eigenvalue weighted by Gasteiger charge is -2.53. The highest BCUT2D eigenvalue weighted by Gasteiger charge is 2.46. The Hall–Kier alpha value is -3.13. The number of anilines is 2. The molecule has 1 amide bonds. The van der Waals surface area contributed by atoms with Gasteiger partial charge in [0.1, 0.15) is 22.8 Å². The molecule has 0 radical (unpaired) electrons. The van der Waals surface area contributed by atoms with Crippen LogP contribution in [0, 0.1) is 6.92 Å². The molecule has 0 saturated carbocycles. The second kappa shape index (κ2) is 10.8. The van der Waals surface area contributed by atoms with Gasteiger partial charge in [-0.3, -0.25) is 9.58 Å². The zero-order chi connectivity index (χ0) is 30.7. The number of halogens is 3. The number of hydrogen-bond acceptors (Lipinski definition) is 9. The largest absolute Gasteiger partial charge is 0.451 e. The third-order valence-electron chi connectivity index (χ3n) is 9.14. The maximum Gasteiger partial charge on any atom is 0.451 e. The van der Waals surface area contributed by atoms with Crippen LogP contribution in [0.3, 0.4) is 0 Å². The number of piperazine rings is 1. The fourth-order valence-electron chi connectivity index (χ4n) is 6.85. The average Bonchev–Trinajstić information content (AvgIpc) is 3.33. The summed E-state index contributed by atoms with van der Waals surface area (Å²) in [6.45, 7) is 14.9. The molecular formula is C29H41F3N8O3. The lowest BCUT2D eigenvalue weighted by molar-refractivity contribution is -0.144. The van der Waals surface area contributed by atoms with E-state index in [2.05, 4.69) is 20.0 Å². The summed E-state index contributed by atoms with van der Waals surface area (Å²) in [5.41, 5.74) is 1.12. The van der Waals surface area contributed by atoms with Crippen LogP contribution in [0.1, 0.15) is 57.6 Å². The normalized spacial score (nSPS) is 24.6. The zero-order valence-electron chi connectivity index (χ0n) is 25.5. The van der Waals surface area contributed by atoms with Crippen LogP contribution in [0.15, 0.2) is 12.3 Å². The standard InChI is InChI=1S/C29H41F3N8O3/c1-19-17-33-40-14-15-42-28(24(19)40)6-8-37(9-7-28)22-16-23(35-25(34-22)29(30,31)32)39-18-21(20(39)2)36-10-12-38(13-11-36)26(41)43-27(3,4)5/h16-17,20-21H,6-15,18H2,1-5H3/t20-,21-/m1/s1. The molecule has 3 fully saturated rings. The highest BCUT2D eigenvalue weighted by molar-refractivity contribution is 5.68. The molecule has 43 heavy (non-hydrogen) atoms. The molecule has 2 atom stereocenters. The van der Waals surface area contributed by atoms with Crippen molar-refractivity contribution in [2.75, 3.05) is 62.2 Å². The van der Waals surface area contributed by atoms with Gasteiger partial charge in [0.15, 0.2) is 0 Å². The molecule has 0 N–H and O–H groups in total. The molecular weight excluding hydrogens is 565 g/mol. The fourth-order valence-corrected chi connectivity index (χ4v) is 6.85. The third kappa shape index (κ3) is 5.75. The summed E-state index contributed by atoms with van der Waals surface area (Å²) in [6.07, 6.45) is -1.85. The van der Waals surface area contributed by atoms with E-state index in [0.717, 1.165) is 11.3 Å². The van der Waals surface area contributed by atoms with Crippen LogP contribution < -0.4 is 9.80 Å². The van der Waals surface area contributed by atoms with E-state index in [4.69, 9.17) is 9.47 Å². The van der Waals surface area contributed by atoms with Crippen molar-refractivity contribution in [3.63, 3.8) is 0 Å². The molecule has 1 spiro atoms. The summed E-state index contributed by atoms with van der Waals surface area (Å²) in [6, 6.07) is 1.80. The molecule has 0 bridgehead atoms. The number of carbonyl (C=O) groups is 1. The minimum Gasteiger partial charge on any atom is -0.444 e. The fraction of sp³-hybridized carbons (Fsp3) is 0.724. The van der Waals surface area contributed by atoms with Gasteiger partial charge in [-0.2, -0.15) is 18.3 Å². The number of rotatable bonds is 3. The molecule has 11 nitrogen and oxygen atoms in total. The van der Waals surface area contributed by atoms with Gasteiger partial charge in [-0.15, -0.1) is 0 Å². The first-order valence-electron chi connectivity index (χ1n) is 15.1. The maximum absolute atomic E-state index is 14.0. The number of hydrogen-bond donors (Lipinski definition) is 0. The number of aromatic nitrogens is 4. The summed E-state index contributed by atoms with van der Waals surface area (Å²) >= 11 is 0. The Labute approximate surface area is 249 Å². The van der Waals surface area contributed by atoms with Crippen molar-refractivity contribution in [3.8, 4) is 0 Å². The van der Waals surface area contributed by atoms with E-state index in [1.165, 1.54) is 0 Å². The highest BCUT2D eigenvalue weighted by Crippen LogP contribution is 2.42. The van der Waals surface area contributed by atoms with Gasteiger partial charge in [-0.1, -0.05) is 0 Å². The monoisotopic (exact) mass is 606 g/mol. The van der Waals surface area contributed by atoms with Gasteiger partial charge in [0, 0.05) is 64.0 Å². The van der Waals surface area contributed by atoms with Crippen LogP contribution in [-0.2, 0) is 27.8 Å². The van der Waals surface area contributed by atoms with E-state index in [0.29, 0.717) is 71.8 Å². The Balaban J connectivity index is 1.13. The predicted octanol–water partition coefficient (Wildman–Crippen LogP) is 3.66. The molecule has 0 aliphatic carbocycles. The van der Waals surface area contributed by atoms with Crippen molar-refractivity contribution in [2.24, 2.45) is 0 Å². The van der Waals surface area contributed by atoms with Gasteiger partial charge in [0.05, 0.1) is 25.0 Å². The molecule has 2 aromatic heterocycles. The number of amides is 1. The Morgan fingerprint density at radius 3 is 2.33 bits per heavy atom. The molecule has 0 unspecified atom stereocenters. The summed E-state index contributed by atoms with van der Waals surface area (Å²) in [5, 5.41) is 4.48.